The molecule has 0 saturated heterocycles. The number of hydrogen-bond acceptors (Lipinski definition) is 4. The molecule has 1 heterocycles. The maximum Gasteiger partial charge on any atom is 0.321 e. The highest BCUT2D eigenvalue weighted by atomic mass is 32.1. The number of thiazole rings is 1. The molecule has 4 aromatic rings. The zero-order valence-corrected chi connectivity index (χ0v) is 18.8. The van der Waals surface area contributed by atoms with Crippen molar-refractivity contribution in [2.75, 3.05) is 17.2 Å². The summed E-state index contributed by atoms with van der Waals surface area (Å²) < 4.78 is 0.832. The lowest BCUT2D eigenvalue weighted by Gasteiger charge is -2.11. The van der Waals surface area contributed by atoms with Crippen molar-refractivity contribution in [3.8, 4) is 0 Å². The number of rotatable bonds is 6. The molecule has 3 N–H and O–H groups in total. The Kier molecular flexibility index (Phi) is 6.47. The van der Waals surface area contributed by atoms with E-state index < -0.39 is 0 Å². The number of anilines is 2. The average molecular weight is 445 g/mol. The fourth-order valence-electron chi connectivity index (χ4n) is 3.42. The topological polar surface area (TPSA) is 83.1 Å². The summed E-state index contributed by atoms with van der Waals surface area (Å²) in [6.07, 6.45) is 0.757. The molecule has 4 rings (SSSR count). The third-order valence-electron chi connectivity index (χ3n) is 5.13. The predicted molar refractivity (Wildman–Crippen MR) is 131 cm³/mol. The third-order valence-corrected chi connectivity index (χ3v) is 6.07. The van der Waals surface area contributed by atoms with Gasteiger partial charge in [-0.3, -0.25) is 10.1 Å². The highest BCUT2D eigenvalue weighted by molar-refractivity contribution is 7.22. The van der Waals surface area contributed by atoms with E-state index in [1.165, 1.54) is 16.9 Å². The number of urea groups is 1. The summed E-state index contributed by atoms with van der Waals surface area (Å²) in [5, 5.41) is 9.11. The second-order valence-electron chi connectivity index (χ2n) is 7.54. The summed E-state index contributed by atoms with van der Waals surface area (Å²) in [4.78, 5) is 29.4. The van der Waals surface area contributed by atoms with E-state index in [0.29, 0.717) is 17.2 Å². The van der Waals surface area contributed by atoms with Gasteiger partial charge in [0.15, 0.2) is 5.13 Å². The van der Waals surface area contributed by atoms with Crippen LogP contribution in [0.5, 0.6) is 0 Å². The number of carbonyl (C=O) groups is 2. The summed E-state index contributed by atoms with van der Waals surface area (Å²) in [7, 11) is 0. The molecule has 0 radical (unpaired) electrons. The Morgan fingerprint density at radius 3 is 2.41 bits per heavy atom. The van der Waals surface area contributed by atoms with Crippen molar-refractivity contribution >= 4 is 44.3 Å². The standard InChI is InChI=1S/C25H24N4O2S/c1-16-7-6-8-17(2)22(16)28-23(30)19-11-12-20-21(15-19)32-25(27-20)29-24(31)26-14-13-18-9-4-3-5-10-18/h3-12,15H,13-14H2,1-2H3,(H,28,30)(H2,26,27,29,31). The maximum absolute atomic E-state index is 12.8. The number of fused-ring (bicyclic) bond motifs is 1. The Labute approximate surface area is 190 Å². The number of aryl methyl sites for hydroxylation is 2. The maximum atomic E-state index is 12.8. The molecule has 0 fully saturated rings. The van der Waals surface area contributed by atoms with Crippen LogP contribution in [0.4, 0.5) is 15.6 Å². The third kappa shape index (κ3) is 5.12. The molecule has 6 nitrogen and oxygen atoms in total. The fourth-order valence-corrected chi connectivity index (χ4v) is 4.32. The Hall–Kier alpha value is -3.71. The van der Waals surface area contributed by atoms with Crippen LogP contribution in [-0.4, -0.2) is 23.5 Å². The van der Waals surface area contributed by atoms with Crippen molar-refractivity contribution in [2.24, 2.45) is 0 Å². The van der Waals surface area contributed by atoms with Crippen LogP contribution in [0.15, 0.2) is 66.7 Å². The Morgan fingerprint density at radius 2 is 1.66 bits per heavy atom. The minimum Gasteiger partial charge on any atom is -0.337 e. The molecule has 32 heavy (non-hydrogen) atoms. The van der Waals surface area contributed by atoms with Gasteiger partial charge in [-0.25, -0.2) is 9.78 Å². The van der Waals surface area contributed by atoms with Crippen LogP contribution in [0.1, 0.15) is 27.0 Å². The molecule has 1 aromatic heterocycles. The summed E-state index contributed by atoms with van der Waals surface area (Å²) in [6, 6.07) is 20.9. The van der Waals surface area contributed by atoms with Gasteiger partial charge in [-0.15, -0.1) is 0 Å². The lowest BCUT2D eigenvalue weighted by atomic mass is 10.1. The van der Waals surface area contributed by atoms with E-state index in [4.69, 9.17) is 0 Å². The first-order chi connectivity index (χ1) is 15.5. The van der Waals surface area contributed by atoms with Crippen molar-refractivity contribution in [3.05, 3.63) is 89.0 Å². The van der Waals surface area contributed by atoms with Crippen LogP contribution < -0.4 is 16.0 Å². The second kappa shape index (κ2) is 9.62. The van der Waals surface area contributed by atoms with Crippen LogP contribution in [0.2, 0.25) is 0 Å². The Morgan fingerprint density at radius 1 is 0.906 bits per heavy atom. The molecule has 0 aliphatic heterocycles. The molecule has 0 aliphatic rings. The predicted octanol–water partition coefficient (Wildman–Crippen LogP) is 5.53. The normalized spacial score (nSPS) is 10.7. The summed E-state index contributed by atoms with van der Waals surface area (Å²) >= 11 is 1.34. The van der Waals surface area contributed by atoms with Gasteiger partial charge in [0.1, 0.15) is 0 Å². The van der Waals surface area contributed by atoms with Gasteiger partial charge in [-0.1, -0.05) is 59.9 Å². The van der Waals surface area contributed by atoms with E-state index >= 15 is 0 Å². The monoisotopic (exact) mass is 444 g/mol. The minimum atomic E-state index is -0.298. The van der Waals surface area contributed by atoms with Crippen LogP contribution in [0.3, 0.4) is 0 Å². The molecule has 7 heteroatoms. The number of aromatic nitrogens is 1. The smallest absolute Gasteiger partial charge is 0.321 e. The quantitative estimate of drug-likeness (QED) is 0.366. The second-order valence-corrected chi connectivity index (χ2v) is 8.57. The van der Waals surface area contributed by atoms with Crippen LogP contribution in [-0.2, 0) is 6.42 Å². The number of nitrogens with zero attached hydrogens (tertiary/aromatic N) is 1. The fraction of sp³-hybridized carbons (Fsp3) is 0.160. The van der Waals surface area contributed by atoms with Crippen molar-refractivity contribution in [1.82, 2.24) is 10.3 Å². The van der Waals surface area contributed by atoms with Crippen molar-refractivity contribution in [3.63, 3.8) is 0 Å². The van der Waals surface area contributed by atoms with Gasteiger partial charge in [-0.05, 0) is 55.2 Å². The molecule has 3 amide bonds. The molecule has 0 unspecified atom stereocenters. The Balaban J connectivity index is 1.39. The van der Waals surface area contributed by atoms with Gasteiger partial charge >= 0.3 is 6.03 Å². The van der Waals surface area contributed by atoms with Crippen molar-refractivity contribution in [2.45, 2.75) is 20.3 Å². The van der Waals surface area contributed by atoms with Gasteiger partial charge in [0, 0.05) is 17.8 Å². The highest BCUT2D eigenvalue weighted by Crippen LogP contribution is 2.27. The van der Waals surface area contributed by atoms with Crippen LogP contribution in [0.25, 0.3) is 10.2 Å². The first-order valence-corrected chi connectivity index (χ1v) is 11.2. The first-order valence-electron chi connectivity index (χ1n) is 10.4. The van der Waals surface area contributed by atoms with Gasteiger partial charge in [-0.2, -0.15) is 0 Å². The van der Waals surface area contributed by atoms with E-state index in [1.807, 2.05) is 62.4 Å². The number of nitrogens with one attached hydrogen (secondary N) is 3. The number of para-hydroxylation sites is 1. The van der Waals surface area contributed by atoms with Crippen molar-refractivity contribution in [1.29, 1.82) is 0 Å². The summed E-state index contributed by atoms with van der Waals surface area (Å²) in [6.45, 7) is 4.47. The number of carbonyl (C=O) groups excluding carboxylic acids is 2. The lowest BCUT2D eigenvalue weighted by molar-refractivity contribution is 0.102. The summed E-state index contributed by atoms with van der Waals surface area (Å²) in [5.41, 5.74) is 5.31. The van der Waals surface area contributed by atoms with Gasteiger partial charge in [0.25, 0.3) is 5.91 Å². The van der Waals surface area contributed by atoms with Crippen LogP contribution >= 0.6 is 11.3 Å². The van der Waals surface area contributed by atoms with E-state index in [1.54, 1.807) is 18.2 Å². The molecule has 0 atom stereocenters. The molecule has 162 valence electrons. The zero-order valence-electron chi connectivity index (χ0n) is 17.9. The van der Waals surface area contributed by atoms with Crippen molar-refractivity contribution < 1.29 is 9.59 Å². The minimum absolute atomic E-state index is 0.175. The molecule has 0 saturated carbocycles. The molecular weight excluding hydrogens is 420 g/mol. The first kappa shape index (κ1) is 21.5. The molecule has 3 aromatic carbocycles. The van der Waals surface area contributed by atoms with E-state index in [0.717, 1.165) is 33.5 Å². The average Bonchev–Trinajstić information content (AvgIpc) is 3.18. The highest BCUT2D eigenvalue weighted by Gasteiger charge is 2.13. The lowest BCUT2D eigenvalue weighted by Crippen LogP contribution is -2.30. The van der Waals surface area contributed by atoms with Gasteiger partial charge < -0.3 is 10.6 Å². The van der Waals surface area contributed by atoms with E-state index in [-0.39, 0.29) is 11.9 Å². The van der Waals surface area contributed by atoms with E-state index in [2.05, 4.69) is 20.9 Å². The largest absolute Gasteiger partial charge is 0.337 e. The number of amides is 3. The van der Waals surface area contributed by atoms with E-state index in [9.17, 15) is 9.59 Å². The molecule has 0 aliphatic carbocycles. The number of hydrogen-bond donors (Lipinski definition) is 3. The summed E-state index contributed by atoms with van der Waals surface area (Å²) in [5.74, 6) is -0.175. The van der Waals surface area contributed by atoms with Gasteiger partial charge in [0.05, 0.1) is 10.2 Å². The Bertz CT molecular complexity index is 1250. The number of benzene rings is 3. The van der Waals surface area contributed by atoms with Crippen LogP contribution in [0, 0.1) is 13.8 Å². The van der Waals surface area contributed by atoms with Gasteiger partial charge in [0.2, 0.25) is 0 Å². The molecular formula is C25H24N4O2S. The molecule has 0 bridgehead atoms. The molecule has 0 spiro atoms. The SMILES string of the molecule is Cc1cccc(C)c1NC(=O)c1ccc2nc(NC(=O)NCCc3ccccc3)sc2c1. The zero-order chi connectivity index (χ0) is 22.5.